The van der Waals surface area contributed by atoms with Crippen molar-refractivity contribution in [2.24, 2.45) is 17.1 Å². The van der Waals surface area contributed by atoms with Crippen molar-refractivity contribution in [1.82, 2.24) is 4.90 Å². The summed E-state index contributed by atoms with van der Waals surface area (Å²) in [5, 5.41) is 0. The molecule has 0 aromatic heterocycles. The third-order valence-electron chi connectivity index (χ3n) is 5.28. The lowest BCUT2D eigenvalue weighted by atomic mass is 9.82. The van der Waals surface area contributed by atoms with E-state index in [9.17, 15) is 0 Å². The molecule has 0 aliphatic carbocycles. The van der Waals surface area contributed by atoms with Crippen molar-refractivity contribution in [1.29, 1.82) is 0 Å². The Morgan fingerprint density at radius 1 is 1.33 bits per heavy atom. The first-order valence-electron chi connectivity index (χ1n) is 7.51. The van der Waals surface area contributed by atoms with Gasteiger partial charge in [-0.1, -0.05) is 13.8 Å². The molecule has 0 aromatic rings. The van der Waals surface area contributed by atoms with Crippen LogP contribution in [0.1, 0.15) is 46.5 Å². The Balaban J connectivity index is 2.07. The molecule has 18 heavy (non-hydrogen) atoms. The van der Waals surface area contributed by atoms with Crippen LogP contribution >= 0.6 is 0 Å². The zero-order chi connectivity index (χ0) is 13.2. The molecule has 0 spiro atoms. The van der Waals surface area contributed by atoms with E-state index >= 15 is 0 Å². The average Bonchev–Trinajstić information content (AvgIpc) is 2.80. The molecule has 3 heteroatoms. The number of nitrogens with two attached hydrogens (primary N) is 1. The van der Waals surface area contributed by atoms with E-state index in [0.717, 1.165) is 19.8 Å². The molecule has 2 heterocycles. The SMILES string of the molecule is CC1(C)CCCN(C(C)(CN)C2CCOC2)CC1. The van der Waals surface area contributed by atoms with Gasteiger partial charge in [0, 0.05) is 24.6 Å². The molecule has 0 bridgehead atoms. The minimum absolute atomic E-state index is 0.136. The lowest BCUT2D eigenvalue weighted by Gasteiger charge is -2.44. The summed E-state index contributed by atoms with van der Waals surface area (Å²) in [4.78, 5) is 2.65. The van der Waals surface area contributed by atoms with Gasteiger partial charge in [0.1, 0.15) is 0 Å². The lowest BCUT2D eigenvalue weighted by Crippen LogP contribution is -2.57. The molecule has 2 aliphatic heterocycles. The van der Waals surface area contributed by atoms with Crippen molar-refractivity contribution in [3.63, 3.8) is 0 Å². The van der Waals surface area contributed by atoms with Crippen LogP contribution < -0.4 is 5.73 Å². The molecule has 0 amide bonds. The van der Waals surface area contributed by atoms with Crippen LogP contribution in [-0.4, -0.2) is 43.3 Å². The fraction of sp³-hybridized carbons (Fsp3) is 1.00. The van der Waals surface area contributed by atoms with Crippen molar-refractivity contribution in [3.8, 4) is 0 Å². The minimum Gasteiger partial charge on any atom is -0.381 e. The second kappa shape index (κ2) is 5.48. The molecule has 2 atom stereocenters. The van der Waals surface area contributed by atoms with Crippen LogP contribution in [0.2, 0.25) is 0 Å². The fourth-order valence-electron chi connectivity index (χ4n) is 3.51. The fourth-order valence-corrected chi connectivity index (χ4v) is 3.51. The number of rotatable bonds is 3. The smallest absolute Gasteiger partial charge is 0.0513 e. The summed E-state index contributed by atoms with van der Waals surface area (Å²) in [5.41, 5.74) is 6.77. The van der Waals surface area contributed by atoms with Gasteiger partial charge in [-0.25, -0.2) is 0 Å². The number of hydrogen-bond donors (Lipinski definition) is 1. The Bertz CT molecular complexity index is 274. The molecule has 2 fully saturated rings. The highest BCUT2D eigenvalue weighted by Crippen LogP contribution is 2.36. The van der Waals surface area contributed by atoms with Gasteiger partial charge in [-0.2, -0.15) is 0 Å². The molecule has 106 valence electrons. The maximum atomic E-state index is 6.14. The van der Waals surface area contributed by atoms with Gasteiger partial charge in [-0.15, -0.1) is 0 Å². The highest BCUT2D eigenvalue weighted by atomic mass is 16.5. The van der Waals surface area contributed by atoms with E-state index < -0.39 is 0 Å². The largest absolute Gasteiger partial charge is 0.381 e. The molecular weight excluding hydrogens is 224 g/mol. The first-order valence-corrected chi connectivity index (χ1v) is 7.51. The Labute approximate surface area is 112 Å². The van der Waals surface area contributed by atoms with Gasteiger partial charge in [-0.3, -0.25) is 4.90 Å². The van der Waals surface area contributed by atoms with Crippen LogP contribution in [-0.2, 0) is 4.74 Å². The maximum Gasteiger partial charge on any atom is 0.0513 e. The summed E-state index contributed by atoms with van der Waals surface area (Å²) < 4.78 is 5.59. The first-order chi connectivity index (χ1) is 8.48. The van der Waals surface area contributed by atoms with Crippen molar-refractivity contribution in [3.05, 3.63) is 0 Å². The van der Waals surface area contributed by atoms with Gasteiger partial charge in [-0.05, 0) is 51.1 Å². The summed E-state index contributed by atoms with van der Waals surface area (Å²) in [6, 6.07) is 0. The zero-order valence-electron chi connectivity index (χ0n) is 12.4. The van der Waals surface area contributed by atoms with Crippen molar-refractivity contribution in [2.75, 3.05) is 32.8 Å². The number of hydrogen-bond acceptors (Lipinski definition) is 3. The molecular formula is C15H30N2O. The van der Waals surface area contributed by atoms with E-state index in [1.807, 2.05) is 0 Å². The third kappa shape index (κ3) is 2.89. The molecule has 0 radical (unpaired) electrons. The zero-order valence-corrected chi connectivity index (χ0v) is 12.4. The van der Waals surface area contributed by atoms with Gasteiger partial charge in [0.15, 0.2) is 0 Å². The summed E-state index contributed by atoms with van der Waals surface area (Å²) >= 11 is 0. The van der Waals surface area contributed by atoms with E-state index in [2.05, 4.69) is 25.7 Å². The number of nitrogens with zero attached hydrogens (tertiary/aromatic N) is 1. The molecule has 2 unspecified atom stereocenters. The van der Waals surface area contributed by atoms with Gasteiger partial charge in [0.05, 0.1) is 6.61 Å². The second-order valence-electron chi connectivity index (χ2n) is 7.13. The van der Waals surface area contributed by atoms with Crippen LogP contribution in [0.25, 0.3) is 0 Å². The Hall–Kier alpha value is -0.120. The normalized spacial score (nSPS) is 33.0. The quantitative estimate of drug-likeness (QED) is 0.839. The van der Waals surface area contributed by atoms with Crippen LogP contribution in [0.4, 0.5) is 0 Å². The number of likely N-dealkylation sites (tertiary alicyclic amines) is 1. The van der Waals surface area contributed by atoms with Crippen LogP contribution in [0.3, 0.4) is 0 Å². The van der Waals surface area contributed by atoms with E-state index in [1.54, 1.807) is 0 Å². The maximum absolute atomic E-state index is 6.14. The second-order valence-corrected chi connectivity index (χ2v) is 7.13. The van der Waals surface area contributed by atoms with Gasteiger partial charge in [0.25, 0.3) is 0 Å². The van der Waals surface area contributed by atoms with Gasteiger partial charge >= 0.3 is 0 Å². The highest BCUT2D eigenvalue weighted by molar-refractivity contribution is 4.96. The molecule has 2 aliphatic rings. The predicted molar refractivity (Wildman–Crippen MR) is 75.6 cm³/mol. The number of ether oxygens (including phenoxy) is 1. The van der Waals surface area contributed by atoms with E-state index in [4.69, 9.17) is 10.5 Å². The molecule has 0 saturated carbocycles. The first kappa shape index (κ1) is 14.3. The van der Waals surface area contributed by atoms with Crippen LogP contribution in [0.5, 0.6) is 0 Å². The average molecular weight is 254 g/mol. The van der Waals surface area contributed by atoms with Crippen molar-refractivity contribution >= 4 is 0 Å². The monoisotopic (exact) mass is 254 g/mol. The third-order valence-corrected chi connectivity index (χ3v) is 5.28. The van der Waals surface area contributed by atoms with Crippen LogP contribution in [0.15, 0.2) is 0 Å². The summed E-state index contributed by atoms with van der Waals surface area (Å²) in [7, 11) is 0. The molecule has 2 saturated heterocycles. The van der Waals surface area contributed by atoms with Crippen molar-refractivity contribution < 1.29 is 4.74 Å². The summed E-state index contributed by atoms with van der Waals surface area (Å²) in [6.45, 7) is 12.1. The Kier molecular flexibility index (Phi) is 4.35. The topological polar surface area (TPSA) is 38.5 Å². The minimum atomic E-state index is 0.136. The molecule has 3 nitrogen and oxygen atoms in total. The standard InChI is InChI=1S/C15H30N2O/c1-14(2)6-4-8-17(9-7-14)15(3,12-16)13-5-10-18-11-13/h13H,4-12,16H2,1-3H3. The molecule has 2 rings (SSSR count). The lowest BCUT2D eigenvalue weighted by molar-refractivity contribution is 0.0457. The van der Waals surface area contributed by atoms with Crippen LogP contribution in [0, 0.1) is 11.3 Å². The Morgan fingerprint density at radius 2 is 2.11 bits per heavy atom. The van der Waals surface area contributed by atoms with E-state index in [0.29, 0.717) is 11.3 Å². The molecule has 2 N–H and O–H groups in total. The van der Waals surface area contributed by atoms with E-state index in [1.165, 1.54) is 38.8 Å². The van der Waals surface area contributed by atoms with Crippen molar-refractivity contribution in [2.45, 2.75) is 52.0 Å². The summed E-state index contributed by atoms with van der Waals surface area (Å²) in [6.07, 6.45) is 5.10. The van der Waals surface area contributed by atoms with Gasteiger partial charge < -0.3 is 10.5 Å². The van der Waals surface area contributed by atoms with E-state index in [-0.39, 0.29) is 5.54 Å². The molecule has 0 aromatic carbocycles. The predicted octanol–water partition coefficient (Wildman–Crippen LogP) is 2.25. The highest BCUT2D eigenvalue weighted by Gasteiger charge is 2.41. The Morgan fingerprint density at radius 3 is 2.72 bits per heavy atom. The van der Waals surface area contributed by atoms with Gasteiger partial charge in [0.2, 0.25) is 0 Å². The summed E-state index contributed by atoms with van der Waals surface area (Å²) in [5.74, 6) is 0.615.